The highest BCUT2D eigenvalue weighted by atomic mass is 16.5. The molecule has 3 aromatic rings. The number of carbonyl (C=O) groups is 1. The fourth-order valence-corrected chi connectivity index (χ4v) is 2.80. The molecule has 0 bridgehead atoms. The molecule has 0 atom stereocenters. The van der Waals surface area contributed by atoms with Crippen molar-refractivity contribution in [3.63, 3.8) is 0 Å². The monoisotopic (exact) mass is 371 g/mol. The summed E-state index contributed by atoms with van der Waals surface area (Å²) in [4.78, 5) is 15.1. The summed E-state index contributed by atoms with van der Waals surface area (Å²) in [6, 6.07) is 13.8. The second-order valence-corrected chi connectivity index (χ2v) is 6.30. The SMILES string of the molecule is COc1ccc(C(=O)c2c(/C=C/N(C)C)oc3cc(C#N)c(C#N)cc23)cc1. The van der Waals surface area contributed by atoms with Gasteiger partial charge in [-0.3, -0.25) is 4.79 Å². The number of nitrogens with zero attached hydrogens (tertiary/aromatic N) is 3. The zero-order valence-corrected chi connectivity index (χ0v) is 15.7. The molecular weight excluding hydrogens is 354 g/mol. The van der Waals surface area contributed by atoms with Crippen LogP contribution in [-0.4, -0.2) is 31.9 Å². The van der Waals surface area contributed by atoms with Crippen LogP contribution in [0.1, 0.15) is 32.8 Å². The summed E-state index contributed by atoms with van der Waals surface area (Å²) < 4.78 is 11.0. The molecule has 1 aromatic heterocycles. The van der Waals surface area contributed by atoms with E-state index in [9.17, 15) is 15.3 Å². The van der Waals surface area contributed by atoms with Crippen LogP contribution in [-0.2, 0) is 0 Å². The number of methoxy groups -OCH3 is 1. The highest BCUT2D eigenvalue weighted by molar-refractivity contribution is 6.18. The Morgan fingerprint density at radius 3 is 2.32 bits per heavy atom. The Bertz CT molecular complexity index is 1160. The van der Waals surface area contributed by atoms with Gasteiger partial charge in [-0.05, 0) is 36.4 Å². The van der Waals surface area contributed by atoms with Crippen molar-refractivity contribution in [1.29, 1.82) is 10.5 Å². The molecule has 0 aliphatic heterocycles. The first-order valence-corrected chi connectivity index (χ1v) is 8.42. The fraction of sp³-hybridized carbons (Fsp3) is 0.136. The smallest absolute Gasteiger partial charge is 0.197 e. The number of rotatable bonds is 5. The normalized spacial score (nSPS) is 10.6. The highest BCUT2D eigenvalue weighted by Gasteiger charge is 2.22. The molecule has 3 rings (SSSR count). The molecule has 6 nitrogen and oxygen atoms in total. The van der Waals surface area contributed by atoms with Crippen molar-refractivity contribution >= 4 is 22.8 Å². The third-order valence-electron chi connectivity index (χ3n) is 4.20. The van der Waals surface area contributed by atoms with Crippen molar-refractivity contribution in [2.75, 3.05) is 21.2 Å². The van der Waals surface area contributed by atoms with Crippen LogP contribution in [0.15, 0.2) is 47.0 Å². The molecule has 0 saturated heterocycles. The van der Waals surface area contributed by atoms with Crippen LogP contribution in [0.25, 0.3) is 17.0 Å². The van der Waals surface area contributed by atoms with Gasteiger partial charge in [-0.15, -0.1) is 0 Å². The summed E-state index contributed by atoms with van der Waals surface area (Å²) in [5.41, 5.74) is 1.59. The van der Waals surface area contributed by atoms with E-state index in [2.05, 4.69) is 0 Å². The summed E-state index contributed by atoms with van der Waals surface area (Å²) >= 11 is 0. The number of benzene rings is 2. The summed E-state index contributed by atoms with van der Waals surface area (Å²) in [5, 5.41) is 19.1. The summed E-state index contributed by atoms with van der Waals surface area (Å²) in [6.45, 7) is 0. The Hall–Kier alpha value is -4.03. The topological polar surface area (TPSA) is 90.3 Å². The number of hydrogen-bond donors (Lipinski definition) is 0. The lowest BCUT2D eigenvalue weighted by molar-refractivity contribution is 0.103. The van der Waals surface area contributed by atoms with E-state index in [1.165, 1.54) is 12.1 Å². The maximum Gasteiger partial charge on any atom is 0.197 e. The molecule has 0 saturated carbocycles. The maximum atomic E-state index is 13.2. The molecule has 0 radical (unpaired) electrons. The second kappa shape index (κ2) is 7.69. The minimum absolute atomic E-state index is 0.197. The predicted octanol–water partition coefficient (Wildman–Crippen LogP) is 3.95. The van der Waals surface area contributed by atoms with Gasteiger partial charge in [0.2, 0.25) is 0 Å². The molecular formula is C22H17N3O3. The van der Waals surface area contributed by atoms with Crippen molar-refractivity contribution in [2.45, 2.75) is 0 Å². The molecule has 0 aliphatic carbocycles. The number of carbonyl (C=O) groups excluding carboxylic acids is 1. The van der Waals surface area contributed by atoms with Crippen LogP contribution in [0, 0.1) is 22.7 Å². The standard InChI is InChI=1S/C22H17N3O3/c1-25(2)9-8-19-21(22(26)14-4-6-17(27-3)7-5-14)18-10-15(12-23)16(13-24)11-20(18)28-19/h4-11H,1-3H3/b9-8+. The first-order chi connectivity index (χ1) is 13.5. The summed E-state index contributed by atoms with van der Waals surface area (Å²) in [6.07, 6.45) is 3.45. The average Bonchev–Trinajstić information content (AvgIpc) is 3.07. The molecule has 0 fully saturated rings. The number of ketones is 1. The predicted molar refractivity (Wildman–Crippen MR) is 105 cm³/mol. The maximum absolute atomic E-state index is 13.2. The molecule has 0 spiro atoms. The number of ether oxygens (including phenoxy) is 1. The third kappa shape index (κ3) is 3.44. The van der Waals surface area contributed by atoms with E-state index in [1.807, 2.05) is 31.1 Å². The van der Waals surface area contributed by atoms with E-state index in [0.717, 1.165) is 0 Å². The van der Waals surface area contributed by atoms with Gasteiger partial charge in [-0.25, -0.2) is 0 Å². The number of hydrogen-bond acceptors (Lipinski definition) is 6. The first-order valence-electron chi connectivity index (χ1n) is 8.42. The Morgan fingerprint density at radius 2 is 1.75 bits per heavy atom. The Labute approximate surface area is 162 Å². The minimum atomic E-state index is -0.242. The Kier molecular flexibility index (Phi) is 5.15. The lowest BCUT2D eigenvalue weighted by Gasteiger charge is -2.05. The average molecular weight is 371 g/mol. The fourth-order valence-electron chi connectivity index (χ4n) is 2.80. The summed E-state index contributed by atoms with van der Waals surface area (Å²) in [7, 11) is 5.26. The van der Waals surface area contributed by atoms with Crippen LogP contribution < -0.4 is 4.74 Å². The van der Waals surface area contributed by atoms with Crippen molar-refractivity contribution < 1.29 is 13.9 Å². The van der Waals surface area contributed by atoms with E-state index >= 15 is 0 Å². The van der Waals surface area contributed by atoms with E-state index in [0.29, 0.717) is 33.6 Å². The first kappa shape index (κ1) is 18.8. The van der Waals surface area contributed by atoms with Gasteiger partial charge in [0.15, 0.2) is 5.78 Å². The lowest BCUT2D eigenvalue weighted by atomic mass is 9.97. The van der Waals surface area contributed by atoms with Gasteiger partial charge >= 0.3 is 0 Å². The van der Waals surface area contributed by atoms with Crippen LogP contribution >= 0.6 is 0 Å². The molecule has 6 heteroatoms. The number of fused-ring (bicyclic) bond motifs is 1. The molecule has 2 aromatic carbocycles. The van der Waals surface area contributed by atoms with E-state index < -0.39 is 0 Å². The quantitative estimate of drug-likeness (QED) is 0.631. The highest BCUT2D eigenvalue weighted by Crippen LogP contribution is 2.32. The molecule has 0 unspecified atom stereocenters. The zero-order chi connectivity index (χ0) is 20.3. The van der Waals surface area contributed by atoms with E-state index in [-0.39, 0.29) is 16.9 Å². The van der Waals surface area contributed by atoms with Gasteiger partial charge in [-0.2, -0.15) is 10.5 Å². The Morgan fingerprint density at radius 1 is 1.11 bits per heavy atom. The second-order valence-electron chi connectivity index (χ2n) is 6.30. The van der Waals surface area contributed by atoms with Gasteiger partial charge in [0.1, 0.15) is 29.2 Å². The zero-order valence-electron chi connectivity index (χ0n) is 15.7. The van der Waals surface area contributed by atoms with Crippen LogP contribution in [0.3, 0.4) is 0 Å². The van der Waals surface area contributed by atoms with Crippen molar-refractivity contribution in [1.82, 2.24) is 4.90 Å². The molecule has 138 valence electrons. The van der Waals surface area contributed by atoms with E-state index in [1.54, 1.807) is 43.7 Å². The van der Waals surface area contributed by atoms with Gasteiger partial charge in [0.05, 0.1) is 23.8 Å². The van der Waals surface area contributed by atoms with Crippen molar-refractivity contribution in [2.24, 2.45) is 0 Å². The Balaban J connectivity index is 2.24. The number of nitriles is 2. The van der Waals surface area contributed by atoms with Crippen molar-refractivity contribution in [3.05, 3.63) is 70.6 Å². The molecule has 0 amide bonds. The van der Waals surface area contributed by atoms with Gasteiger partial charge in [-0.1, -0.05) is 0 Å². The van der Waals surface area contributed by atoms with Crippen LogP contribution in [0.5, 0.6) is 5.75 Å². The molecule has 0 aliphatic rings. The number of furan rings is 1. The largest absolute Gasteiger partial charge is 0.497 e. The van der Waals surface area contributed by atoms with Gasteiger partial charge < -0.3 is 14.1 Å². The lowest BCUT2D eigenvalue weighted by Crippen LogP contribution is -2.04. The van der Waals surface area contributed by atoms with Crippen LogP contribution in [0.4, 0.5) is 0 Å². The molecule has 0 N–H and O–H groups in total. The summed E-state index contributed by atoms with van der Waals surface area (Å²) in [5.74, 6) is 0.767. The van der Waals surface area contributed by atoms with Crippen molar-refractivity contribution in [3.8, 4) is 17.9 Å². The van der Waals surface area contributed by atoms with E-state index in [4.69, 9.17) is 9.15 Å². The molecule has 28 heavy (non-hydrogen) atoms. The van der Waals surface area contributed by atoms with Gasteiger partial charge in [0.25, 0.3) is 0 Å². The molecule has 1 heterocycles. The minimum Gasteiger partial charge on any atom is -0.497 e. The van der Waals surface area contributed by atoms with Crippen LogP contribution in [0.2, 0.25) is 0 Å². The van der Waals surface area contributed by atoms with Gasteiger partial charge in [0, 0.05) is 37.3 Å². The third-order valence-corrected chi connectivity index (χ3v) is 4.20.